The average Bonchev–Trinajstić information content (AvgIpc) is 2.21. The van der Waals surface area contributed by atoms with E-state index in [-0.39, 0.29) is 5.56 Å². The van der Waals surface area contributed by atoms with Crippen molar-refractivity contribution in [3.8, 4) is 0 Å². The van der Waals surface area contributed by atoms with Gasteiger partial charge in [-0.2, -0.15) is 8.78 Å². The van der Waals surface area contributed by atoms with Crippen molar-refractivity contribution >= 4 is 5.97 Å². The summed E-state index contributed by atoms with van der Waals surface area (Å²) in [6, 6.07) is 2.96. The van der Waals surface area contributed by atoms with Crippen molar-refractivity contribution in [1.29, 1.82) is 0 Å². The molecular weight excluding hydrogens is 237 g/mol. The van der Waals surface area contributed by atoms with Crippen LogP contribution in [0.5, 0.6) is 0 Å². The van der Waals surface area contributed by atoms with Gasteiger partial charge in [0.1, 0.15) is 5.82 Å². The number of aliphatic hydroxyl groups is 1. The molecule has 1 atom stereocenters. The van der Waals surface area contributed by atoms with E-state index in [9.17, 15) is 23.1 Å². The fraction of sp³-hybridized carbons (Fsp3) is 0.364. The summed E-state index contributed by atoms with van der Waals surface area (Å²) in [5, 5.41) is 18.0. The molecule has 1 unspecified atom stereocenters. The lowest BCUT2D eigenvalue weighted by Crippen LogP contribution is -2.48. The molecule has 1 aromatic rings. The molecule has 0 radical (unpaired) electrons. The van der Waals surface area contributed by atoms with Crippen LogP contribution in [0.3, 0.4) is 0 Å². The van der Waals surface area contributed by atoms with Crippen molar-refractivity contribution in [3.63, 3.8) is 0 Å². The van der Waals surface area contributed by atoms with Gasteiger partial charge >= 0.3 is 11.9 Å². The number of halogens is 3. The van der Waals surface area contributed by atoms with Crippen LogP contribution in [0.1, 0.15) is 18.1 Å². The molecule has 0 fully saturated rings. The molecule has 3 nitrogen and oxygen atoms in total. The largest absolute Gasteiger partial charge is 0.477 e. The highest BCUT2D eigenvalue weighted by molar-refractivity contribution is 5.77. The predicted octanol–water partition coefficient (Wildman–Crippen LogP) is 2.06. The molecule has 0 heterocycles. The maximum atomic E-state index is 13.3. The van der Waals surface area contributed by atoms with E-state index < -0.39 is 28.9 Å². The van der Waals surface area contributed by atoms with Crippen LogP contribution in [-0.4, -0.2) is 22.1 Å². The second-order valence-electron chi connectivity index (χ2n) is 3.92. The molecule has 1 rings (SSSR count). The highest BCUT2D eigenvalue weighted by atomic mass is 19.3. The van der Waals surface area contributed by atoms with E-state index in [1.807, 2.05) is 0 Å². The van der Waals surface area contributed by atoms with Gasteiger partial charge in [-0.05, 0) is 31.0 Å². The first-order chi connectivity index (χ1) is 7.60. The second-order valence-corrected chi connectivity index (χ2v) is 3.92. The molecule has 2 N–H and O–H groups in total. The Kier molecular flexibility index (Phi) is 3.20. The Labute approximate surface area is 95.5 Å². The molecule has 1 aromatic carbocycles. The van der Waals surface area contributed by atoms with Crippen LogP contribution in [0.4, 0.5) is 13.2 Å². The van der Waals surface area contributed by atoms with Gasteiger partial charge in [0, 0.05) is 0 Å². The monoisotopic (exact) mass is 248 g/mol. The summed E-state index contributed by atoms with van der Waals surface area (Å²) in [7, 11) is 0. The summed E-state index contributed by atoms with van der Waals surface area (Å²) in [6.45, 7) is 2.05. The molecule has 0 aliphatic heterocycles. The summed E-state index contributed by atoms with van der Waals surface area (Å²) in [6.07, 6.45) is 0. The van der Waals surface area contributed by atoms with Gasteiger partial charge in [-0.1, -0.05) is 12.1 Å². The Bertz CT molecular complexity index is 455. The lowest BCUT2D eigenvalue weighted by atomic mass is 9.88. The molecule has 0 amide bonds. The molecule has 0 saturated heterocycles. The number of carboxylic acid groups (broad SMARTS) is 1. The van der Waals surface area contributed by atoms with Gasteiger partial charge in [-0.25, -0.2) is 9.18 Å². The zero-order valence-corrected chi connectivity index (χ0v) is 9.17. The fourth-order valence-electron chi connectivity index (χ4n) is 1.29. The maximum absolute atomic E-state index is 13.3. The van der Waals surface area contributed by atoms with Crippen LogP contribution in [0.25, 0.3) is 0 Å². The van der Waals surface area contributed by atoms with E-state index in [4.69, 9.17) is 5.11 Å². The molecule has 0 saturated carbocycles. The quantitative estimate of drug-likeness (QED) is 0.860. The van der Waals surface area contributed by atoms with E-state index in [1.54, 1.807) is 0 Å². The van der Waals surface area contributed by atoms with Crippen molar-refractivity contribution in [2.75, 3.05) is 0 Å². The van der Waals surface area contributed by atoms with Crippen molar-refractivity contribution in [2.24, 2.45) is 0 Å². The Balaban J connectivity index is 3.30. The van der Waals surface area contributed by atoms with Crippen LogP contribution in [0.15, 0.2) is 18.2 Å². The predicted molar refractivity (Wildman–Crippen MR) is 53.3 cm³/mol. The van der Waals surface area contributed by atoms with Crippen LogP contribution in [0, 0.1) is 12.7 Å². The topological polar surface area (TPSA) is 57.5 Å². The summed E-state index contributed by atoms with van der Waals surface area (Å²) >= 11 is 0. The van der Waals surface area contributed by atoms with E-state index in [2.05, 4.69) is 0 Å². The summed E-state index contributed by atoms with van der Waals surface area (Å²) in [5.74, 6) is -7.67. The van der Waals surface area contributed by atoms with Crippen molar-refractivity contribution < 1.29 is 28.2 Å². The lowest BCUT2D eigenvalue weighted by molar-refractivity contribution is -0.207. The van der Waals surface area contributed by atoms with Crippen LogP contribution < -0.4 is 0 Å². The molecule has 0 aromatic heterocycles. The zero-order chi connectivity index (χ0) is 13.4. The Hall–Kier alpha value is -1.56. The molecule has 17 heavy (non-hydrogen) atoms. The van der Waals surface area contributed by atoms with E-state index in [0.29, 0.717) is 13.0 Å². The Morgan fingerprint density at radius 2 is 1.88 bits per heavy atom. The number of alkyl halides is 2. The molecule has 0 bridgehead atoms. The lowest BCUT2D eigenvalue weighted by Gasteiger charge is -2.29. The summed E-state index contributed by atoms with van der Waals surface area (Å²) in [5.41, 5.74) is -3.26. The minimum atomic E-state index is -4.41. The molecule has 0 aliphatic carbocycles. The normalized spacial score (nSPS) is 15.4. The zero-order valence-electron chi connectivity index (χ0n) is 9.17. The third-order valence-corrected chi connectivity index (χ3v) is 2.61. The Morgan fingerprint density at radius 1 is 1.35 bits per heavy atom. The van der Waals surface area contributed by atoms with Gasteiger partial charge in [0.25, 0.3) is 0 Å². The van der Waals surface area contributed by atoms with E-state index in [1.165, 1.54) is 13.0 Å². The van der Waals surface area contributed by atoms with Crippen molar-refractivity contribution in [1.82, 2.24) is 0 Å². The highest BCUT2D eigenvalue weighted by Crippen LogP contribution is 2.38. The highest BCUT2D eigenvalue weighted by Gasteiger charge is 2.57. The molecule has 94 valence electrons. The number of rotatable bonds is 3. The summed E-state index contributed by atoms with van der Waals surface area (Å²) < 4.78 is 39.7. The smallest absolute Gasteiger partial charge is 0.378 e. The molecular formula is C11H11F3O3. The third kappa shape index (κ3) is 2.12. The van der Waals surface area contributed by atoms with E-state index in [0.717, 1.165) is 6.07 Å². The SMILES string of the molecule is Cc1ccc(C(C)(O)C(F)(F)C(=O)O)cc1F. The van der Waals surface area contributed by atoms with E-state index >= 15 is 0 Å². The summed E-state index contributed by atoms with van der Waals surface area (Å²) in [4.78, 5) is 10.4. The second kappa shape index (κ2) is 4.03. The average molecular weight is 248 g/mol. The number of hydrogen-bond acceptors (Lipinski definition) is 2. The van der Waals surface area contributed by atoms with Gasteiger partial charge in [0.15, 0.2) is 5.60 Å². The number of benzene rings is 1. The van der Waals surface area contributed by atoms with Crippen molar-refractivity contribution in [3.05, 3.63) is 35.1 Å². The minimum Gasteiger partial charge on any atom is -0.477 e. The molecule has 0 spiro atoms. The first-order valence-corrected chi connectivity index (χ1v) is 4.71. The fourth-order valence-corrected chi connectivity index (χ4v) is 1.29. The number of carbonyl (C=O) groups is 1. The number of hydrogen-bond donors (Lipinski definition) is 2. The van der Waals surface area contributed by atoms with Crippen LogP contribution >= 0.6 is 0 Å². The Morgan fingerprint density at radius 3 is 2.29 bits per heavy atom. The van der Waals surface area contributed by atoms with Crippen LogP contribution in [0.2, 0.25) is 0 Å². The first-order valence-electron chi connectivity index (χ1n) is 4.71. The number of carboxylic acids is 1. The van der Waals surface area contributed by atoms with Gasteiger partial charge < -0.3 is 10.2 Å². The molecule has 0 aliphatic rings. The number of aliphatic carboxylic acids is 1. The minimum absolute atomic E-state index is 0.211. The van der Waals surface area contributed by atoms with Gasteiger partial charge in [0.2, 0.25) is 0 Å². The van der Waals surface area contributed by atoms with Gasteiger partial charge in [-0.3, -0.25) is 0 Å². The molecule has 6 heteroatoms. The number of aryl methyl sites for hydroxylation is 1. The van der Waals surface area contributed by atoms with Crippen molar-refractivity contribution in [2.45, 2.75) is 25.4 Å². The van der Waals surface area contributed by atoms with Crippen LogP contribution in [-0.2, 0) is 10.4 Å². The standard InChI is InChI=1S/C11H11F3O3/c1-6-3-4-7(5-8(6)12)10(2,17)11(13,14)9(15)16/h3-5,17H,1-2H3,(H,15,16). The maximum Gasteiger partial charge on any atom is 0.378 e. The van der Waals surface area contributed by atoms with Gasteiger partial charge in [-0.15, -0.1) is 0 Å². The van der Waals surface area contributed by atoms with Gasteiger partial charge in [0.05, 0.1) is 0 Å². The first kappa shape index (κ1) is 13.5. The third-order valence-electron chi connectivity index (χ3n) is 2.61.